The molecule has 2 amide bonds. The molecule has 0 radical (unpaired) electrons. The number of carbonyl (C=O) groups excluding carboxylic acids is 2. The van der Waals surface area contributed by atoms with E-state index in [1.165, 1.54) is 23.1 Å². The van der Waals surface area contributed by atoms with Crippen molar-refractivity contribution >= 4 is 50.7 Å². The SMILES string of the molecule is CCC(C(=O)NC1CCCCC1)N(Cc1ccccc1C)C(=O)CN(c1ccc(Cl)cc1Cl)S(C)(=O)=O. The van der Waals surface area contributed by atoms with E-state index in [1.807, 2.05) is 38.1 Å². The Bertz CT molecular complexity index is 1220. The summed E-state index contributed by atoms with van der Waals surface area (Å²) in [5, 5.41) is 3.59. The molecule has 7 nitrogen and oxygen atoms in total. The second kappa shape index (κ2) is 13.0. The molecule has 1 aliphatic carbocycles. The fourth-order valence-electron chi connectivity index (χ4n) is 4.71. The van der Waals surface area contributed by atoms with Crippen LogP contribution in [-0.2, 0) is 26.2 Å². The third-order valence-corrected chi connectivity index (χ3v) is 8.46. The van der Waals surface area contributed by atoms with Gasteiger partial charge in [0.2, 0.25) is 21.8 Å². The third kappa shape index (κ3) is 7.85. The second-order valence-corrected chi connectivity index (χ2v) is 12.3. The van der Waals surface area contributed by atoms with Crippen LogP contribution in [0.2, 0.25) is 10.0 Å². The van der Waals surface area contributed by atoms with Gasteiger partial charge in [-0.3, -0.25) is 13.9 Å². The number of hydrogen-bond acceptors (Lipinski definition) is 4. The van der Waals surface area contributed by atoms with Gasteiger partial charge in [0.1, 0.15) is 12.6 Å². The number of hydrogen-bond donors (Lipinski definition) is 1. The molecule has 3 rings (SSSR count). The van der Waals surface area contributed by atoms with Gasteiger partial charge < -0.3 is 10.2 Å². The van der Waals surface area contributed by atoms with Gasteiger partial charge in [-0.25, -0.2) is 8.42 Å². The molecule has 1 atom stereocenters. The first-order chi connectivity index (χ1) is 17.5. The van der Waals surface area contributed by atoms with Crippen molar-refractivity contribution in [2.45, 2.75) is 71.0 Å². The van der Waals surface area contributed by atoms with Gasteiger partial charge in [0.05, 0.1) is 17.0 Å². The fraction of sp³-hybridized carbons (Fsp3) is 0.481. The minimum atomic E-state index is -3.88. The first-order valence-corrected chi connectivity index (χ1v) is 15.2. The van der Waals surface area contributed by atoms with Crippen LogP contribution in [-0.4, -0.2) is 50.0 Å². The third-order valence-electron chi connectivity index (χ3n) is 6.80. The van der Waals surface area contributed by atoms with Gasteiger partial charge in [0.15, 0.2) is 0 Å². The van der Waals surface area contributed by atoms with Crippen LogP contribution in [0.3, 0.4) is 0 Å². The van der Waals surface area contributed by atoms with E-state index >= 15 is 0 Å². The van der Waals surface area contributed by atoms with Gasteiger partial charge >= 0.3 is 0 Å². The summed E-state index contributed by atoms with van der Waals surface area (Å²) in [7, 11) is -3.88. The summed E-state index contributed by atoms with van der Waals surface area (Å²) in [6.45, 7) is 3.47. The van der Waals surface area contributed by atoms with E-state index < -0.39 is 28.5 Å². The number of halogens is 2. The zero-order valence-corrected chi connectivity index (χ0v) is 23.9. The number of nitrogens with one attached hydrogen (secondary N) is 1. The van der Waals surface area contributed by atoms with Crippen LogP contribution in [0.25, 0.3) is 0 Å². The van der Waals surface area contributed by atoms with E-state index in [0.717, 1.165) is 53.8 Å². The molecule has 0 bridgehead atoms. The maximum Gasteiger partial charge on any atom is 0.244 e. The van der Waals surface area contributed by atoms with Gasteiger partial charge in [0.25, 0.3) is 0 Å². The van der Waals surface area contributed by atoms with Crippen molar-refractivity contribution in [2.75, 3.05) is 17.1 Å². The highest BCUT2D eigenvalue weighted by Crippen LogP contribution is 2.31. The largest absolute Gasteiger partial charge is 0.352 e. The Kier molecular flexibility index (Phi) is 10.3. The highest BCUT2D eigenvalue weighted by Gasteiger charge is 2.33. The Morgan fingerprint density at radius 2 is 1.76 bits per heavy atom. The molecule has 10 heteroatoms. The monoisotopic (exact) mass is 567 g/mol. The Balaban J connectivity index is 1.94. The van der Waals surface area contributed by atoms with E-state index in [1.54, 1.807) is 0 Å². The predicted molar refractivity (Wildman–Crippen MR) is 149 cm³/mol. The molecule has 37 heavy (non-hydrogen) atoms. The normalized spacial score (nSPS) is 15.2. The van der Waals surface area contributed by atoms with Crippen molar-refractivity contribution in [3.05, 3.63) is 63.6 Å². The summed E-state index contributed by atoms with van der Waals surface area (Å²) in [5.74, 6) is -0.711. The molecule has 0 aliphatic heterocycles. The molecule has 1 unspecified atom stereocenters. The standard InChI is InChI=1S/C27H35Cl2N3O4S/c1-4-24(27(34)30-22-12-6-5-7-13-22)31(17-20-11-9-8-10-19(20)2)26(33)18-32(37(3,35)36)25-15-14-21(28)16-23(25)29/h8-11,14-16,22,24H,4-7,12-13,17-18H2,1-3H3,(H,30,34). The Labute approximate surface area is 230 Å². The van der Waals surface area contributed by atoms with Crippen molar-refractivity contribution in [1.82, 2.24) is 10.2 Å². The number of carbonyl (C=O) groups is 2. The molecule has 1 fully saturated rings. The maximum absolute atomic E-state index is 13.8. The van der Waals surface area contributed by atoms with Crippen LogP contribution in [0, 0.1) is 6.92 Å². The number of nitrogens with zero attached hydrogens (tertiary/aromatic N) is 2. The summed E-state index contributed by atoms with van der Waals surface area (Å²) in [5.41, 5.74) is 2.01. The van der Waals surface area contributed by atoms with Gasteiger partial charge in [0, 0.05) is 17.6 Å². The van der Waals surface area contributed by atoms with E-state index in [9.17, 15) is 18.0 Å². The minimum Gasteiger partial charge on any atom is -0.352 e. The van der Waals surface area contributed by atoms with E-state index in [2.05, 4.69) is 5.32 Å². The quantitative estimate of drug-likeness (QED) is 0.420. The van der Waals surface area contributed by atoms with Crippen molar-refractivity contribution in [2.24, 2.45) is 0 Å². The van der Waals surface area contributed by atoms with Crippen LogP contribution in [0.1, 0.15) is 56.6 Å². The zero-order valence-electron chi connectivity index (χ0n) is 21.5. The van der Waals surface area contributed by atoms with Gasteiger partial charge in [-0.05, 0) is 55.5 Å². The predicted octanol–water partition coefficient (Wildman–Crippen LogP) is 5.32. The van der Waals surface area contributed by atoms with Crippen LogP contribution < -0.4 is 9.62 Å². The first-order valence-electron chi connectivity index (χ1n) is 12.6. The van der Waals surface area contributed by atoms with Crippen molar-refractivity contribution in [3.63, 3.8) is 0 Å². The topological polar surface area (TPSA) is 86.8 Å². The fourth-order valence-corrected chi connectivity index (χ4v) is 6.14. The van der Waals surface area contributed by atoms with Crippen LogP contribution in [0.5, 0.6) is 0 Å². The molecule has 0 spiro atoms. The van der Waals surface area contributed by atoms with Gasteiger partial charge in [-0.2, -0.15) is 0 Å². The molecular weight excluding hydrogens is 533 g/mol. The number of benzene rings is 2. The summed E-state index contributed by atoms with van der Waals surface area (Å²) >= 11 is 12.3. The number of aryl methyl sites for hydroxylation is 1. The lowest BCUT2D eigenvalue weighted by Gasteiger charge is -2.34. The Morgan fingerprint density at radius 3 is 2.35 bits per heavy atom. The van der Waals surface area contributed by atoms with Crippen LogP contribution >= 0.6 is 23.2 Å². The summed E-state index contributed by atoms with van der Waals surface area (Å²) in [6, 6.07) is 11.4. The lowest BCUT2D eigenvalue weighted by atomic mass is 9.95. The number of anilines is 1. The molecule has 2 aromatic rings. The highest BCUT2D eigenvalue weighted by molar-refractivity contribution is 7.92. The minimum absolute atomic E-state index is 0.0890. The highest BCUT2D eigenvalue weighted by atomic mass is 35.5. The number of amides is 2. The van der Waals surface area contributed by atoms with Crippen LogP contribution in [0.4, 0.5) is 5.69 Å². The van der Waals surface area contributed by atoms with Crippen LogP contribution in [0.15, 0.2) is 42.5 Å². The molecule has 1 N–H and O–H groups in total. The van der Waals surface area contributed by atoms with E-state index in [4.69, 9.17) is 23.2 Å². The lowest BCUT2D eigenvalue weighted by Crippen LogP contribution is -2.54. The van der Waals surface area contributed by atoms with Gasteiger partial charge in [-0.15, -0.1) is 0 Å². The molecular formula is C27H35Cl2N3O4S. The first kappa shape index (κ1) is 29.3. The number of sulfonamides is 1. The summed E-state index contributed by atoms with van der Waals surface area (Å²) in [4.78, 5) is 28.8. The smallest absolute Gasteiger partial charge is 0.244 e. The lowest BCUT2D eigenvalue weighted by molar-refractivity contribution is -0.140. The summed E-state index contributed by atoms with van der Waals surface area (Å²) in [6.07, 6.45) is 6.55. The van der Waals surface area contributed by atoms with E-state index in [0.29, 0.717) is 11.4 Å². The van der Waals surface area contributed by atoms with E-state index in [-0.39, 0.29) is 29.2 Å². The molecule has 0 heterocycles. The molecule has 0 saturated heterocycles. The number of rotatable bonds is 10. The second-order valence-electron chi connectivity index (χ2n) is 9.58. The average molecular weight is 569 g/mol. The maximum atomic E-state index is 13.8. The molecule has 202 valence electrons. The average Bonchev–Trinajstić information content (AvgIpc) is 2.84. The molecule has 2 aromatic carbocycles. The van der Waals surface area contributed by atoms with Gasteiger partial charge in [-0.1, -0.05) is 73.7 Å². The van der Waals surface area contributed by atoms with Crippen molar-refractivity contribution in [1.29, 1.82) is 0 Å². The van der Waals surface area contributed by atoms with Crippen molar-refractivity contribution in [3.8, 4) is 0 Å². The zero-order chi connectivity index (χ0) is 27.2. The molecule has 1 saturated carbocycles. The molecule has 1 aliphatic rings. The Morgan fingerprint density at radius 1 is 1.08 bits per heavy atom. The Hall–Kier alpha value is -2.29. The molecule has 0 aromatic heterocycles. The summed E-state index contributed by atoms with van der Waals surface area (Å²) < 4.78 is 26.5. The van der Waals surface area contributed by atoms with Crippen molar-refractivity contribution < 1.29 is 18.0 Å².